The standard InChI is InChI=1S/C16H21NO5S/c1-12-9-15(12)16(18)22-11-13-3-2-4-14(10-13)23(19,20)17-5-7-21-8-6-17/h2-4,10,12,15H,5-9,11H2,1H3/t12-,15+/m0/s1. The summed E-state index contributed by atoms with van der Waals surface area (Å²) in [5.74, 6) is 0.213. The quantitative estimate of drug-likeness (QED) is 0.759. The number of ether oxygens (including phenoxy) is 2. The first-order valence-electron chi connectivity index (χ1n) is 7.82. The van der Waals surface area contributed by atoms with E-state index in [2.05, 4.69) is 0 Å². The third kappa shape index (κ3) is 3.73. The molecule has 0 bridgehead atoms. The first-order valence-corrected chi connectivity index (χ1v) is 9.26. The summed E-state index contributed by atoms with van der Waals surface area (Å²) in [6.07, 6.45) is 0.879. The number of carbonyl (C=O) groups is 1. The van der Waals surface area contributed by atoms with Crippen molar-refractivity contribution in [2.24, 2.45) is 11.8 Å². The van der Waals surface area contributed by atoms with E-state index in [1.807, 2.05) is 6.92 Å². The number of hydrogen-bond donors (Lipinski definition) is 0. The van der Waals surface area contributed by atoms with Crippen molar-refractivity contribution < 1.29 is 22.7 Å². The summed E-state index contributed by atoms with van der Waals surface area (Å²) in [5.41, 5.74) is 0.681. The minimum atomic E-state index is -3.52. The van der Waals surface area contributed by atoms with Crippen LogP contribution < -0.4 is 0 Å². The van der Waals surface area contributed by atoms with Gasteiger partial charge in [0.2, 0.25) is 10.0 Å². The molecule has 1 saturated heterocycles. The van der Waals surface area contributed by atoms with Gasteiger partial charge in [0, 0.05) is 13.1 Å². The molecule has 1 heterocycles. The maximum Gasteiger partial charge on any atom is 0.309 e. The average molecular weight is 339 g/mol. The van der Waals surface area contributed by atoms with Crippen LogP contribution in [0.1, 0.15) is 18.9 Å². The van der Waals surface area contributed by atoms with Crippen LogP contribution in [0.4, 0.5) is 0 Å². The molecule has 0 N–H and O–H groups in total. The van der Waals surface area contributed by atoms with Crippen LogP contribution in [0.3, 0.4) is 0 Å². The van der Waals surface area contributed by atoms with Crippen molar-refractivity contribution in [2.45, 2.75) is 24.8 Å². The first kappa shape index (κ1) is 16.4. The minimum Gasteiger partial charge on any atom is -0.461 e. The Morgan fingerprint density at radius 2 is 2.04 bits per heavy atom. The number of sulfonamides is 1. The summed E-state index contributed by atoms with van der Waals surface area (Å²) in [6.45, 7) is 3.67. The molecule has 0 spiro atoms. The third-order valence-electron chi connectivity index (χ3n) is 4.30. The lowest BCUT2D eigenvalue weighted by Gasteiger charge is -2.26. The molecule has 2 fully saturated rings. The van der Waals surface area contributed by atoms with Crippen LogP contribution in [0, 0.1) is 11.8 Å². The average Bonchev–Trinajstić information content (AvgIpc) is 3.31. The van der Waals surface area contributed by atoms with Crippen LogP contribution >= 0.6 is 0 Å². The molecule has 1 aliphatic carbocycles. The highest BCUT2D eigenvalue weighted by Crippen LogP contribution is 2.38. The fraction of sp³-hybridized carbons (Fsp3) is 0.562. The van der Waals surface area contributed by atoms with E-state index in [9.17, 15) is 13.2 Å². The number of nitrogens with zero attached hydrogens (tertiary/aromatic N) is 1. The second-order valence-corrected chi connectivity index (χ2v) is 8.03. The Labute approximate surface area is 136 Å². The zero-order chi connectivity index (χ0) is 16.4. The van der Waals surface area contributed by atoms with E-state index in [1.165, 1.54) is 4.31 Å². The Morgan fingerprint density at radius 1 is 1.35 bits per heavy atom. The highest BCUT2D eigenvalue weighted by Gasteiger charge is 2.40. The molecule has 0 aromatic heterocycles. The van der Waals surface area contributed by atoms with Crippen LogP contribution in [-0.2, 0) is 30.9 Å². The van der Waals surface area contributed by atoms with Gasteiger partial charge in [0.05, 0.1) is 24.0 Å². The summed E-state index contributed by atoms with van der Waals surface area (Å²) >= 11 is 0. The van der Waals surface area contributed by atoms with Gasteiger partial charge in [0.25, 0.3) is 0 Å². The maximum absolute atomic E-state index is 12.6. The molecule has 0 radical (unpaired) electrons. The Morgan fingerprint density at radius 3 is 2.70 bits per heavy atom. The molecule has 0 unspecified atom stereocenters. The smallest absolute Gasteiger partial charge is 0.309 e. The van der Waals surface area contributed by atoms with E-state index in [1.54, 1.807) is 24.3 Å². The van der Waals surface area contributed by atoms with Gasteiger partial charge >= 0.3 is 5.97 Å². The largest absolute Gasteiger partial charge is 0.461 e. The maximum atomic E-state index is 12.6. The first-order chi connectivity index (χ1) is 11.0. The minimum absolute atomic E-state index is 0.00950. The van der Waals surface area contributed by atoms with Crippen molar-refractivity contribution in [3.8, 4) is 0 Å². The second kappa shape index (κ2) is 6.59. The Hall–Kier alpha value is -1.44. The molecule has 3 rings (SSSR count). The Bertz CT molecular complexity index is 681. The molecule has 126 valence electrons. The monoisotopic (exact) mass is 339 g/mol. The topological polar surface area (TPSA) is 72.9 Å². The van der Waals surface area contributed by atoms with Gasteiger partial charge in [-0.2, -0.15) is 4.31 Å². The van der Waals surface area contributed by atoms with E-state index < -0.39 is 10.0 Å². The van der Waals surface area contributed by atoms with Crippen molar-refractivity contribution in [2.75, 3.05) is 26.3 Å². The second-order valence-electron chi connectivity index (χ2n) is 6.09. The van der Waals surface area contributed by atoms with Crippen LogP contribution in [0.5, 0.6) is 0 Å². The highest BCUT2D eigenvalue weighted by molar-refractivity contribution is 7.89. The van der Waals surface area contributed by atoms with E-state index in [4.69, 9.17) is 9.47 Å². The molecule has 23 heavy (non-hydrogen) atoms. The van der Waals surface area contributed by atoms with Crippen LogP contribution in [0.2, 0.25) is 0 Å². The van der Waals surface area contributed by atoms with E-state index in [-0.39, 0.29) is 23.4 Å². The van der Waals surface area contributed by atoms with Gasteiger partial charge < -0.3 is 9.47 Å². The number of benzene rings is 1. The number of esters is 1. The van der Waals surface area contributed by atoms with Crippen molar-refractivity contribution >= 4 is 16.0 Å². The molecule has 2 atom stereocenters. The van der Waals surface area contributed by atoms with Crippen molar-refractivity contribution in [3.05, 3.63) is 29.8 Å². The lowest BCUT2D eigenvalue weighted by Crippen LogP contribution is -2.40. The van der Waals surface area contributed by atoms with E-state index in [0.29, 0.717) is 37.8 Å². The Balaban J connectivity index is 1.67. The molecule has 7 heteroatoms. The predicted molar refractivity (Wildman–Crippen MR) is 83.1 cm³/mol. The van der Waals surface area contributed by atoms with Crippen LogP contribution in [0.25, 0.3) is 0 Å². The van der Waals surface area contributed by atoms with Gasteiger partial charge in [-0.05, 0) is 30.0 Å². The molecule has 1 aromatic rings. The fourth-order valence-electron chi connectivity index (χ4n) is 2.64. The number of hydrogen-bond acceptors (Lipinski definition) is 5. The molecule has 1 aromatic carbocycles. The van der Waals surface area contributed by atoms with Crippen LogP contribution in [0.15, 0.2) is 29.2 Å². The van der Waals surface area contributed by atoms with E-state index in [0.717, 1.165) is 6.42 Å². The van der Waals surface area contributed by atoms with Gasteiger partial charge in [-0.25, -0.2) is 8.42 Å². The molecular formula is C16H21NO5S. The SMILES string of the molecule is C[C@H]1C[C@H]1C(=O)OCc1cccc(S(=O)(=O)N2CCOCC2)c1. The summed E-state index contributed by atoms with van der Waals surface area (Å²) < 4.78 is 37.1. The lowest BCUT2D eigenvalue weighted by molar-refractivity contribution is -0.146. The normalized spacial score (nSPS) is 25.1. The lowest BCUT2D eigenvalue weighted by atomic mass is 10.2. The van der Waals surface area contributed by atoms with Crippen molar-refractivity contribution in [3.63, 3.8) is 0 Å². The van der Waals surface area contributed by atoms with Crippen molar-refractivity contribution in [1.29, 1.82) is 0 Å². The van der Waals surface area contributed by atoms with Gasteiger partial charge in [-0.15, -0.1) is 0 Å². The Kier molecular flexibility index (Phi) is 4.70. The zero-order valence-electron chi connectivity index (χ0n) is 13.1. The molecule has 1 saturated carbocycles. The summed E-state index contributed by atoms with van der Waals surface area (Å²) in [4.78, 5) is 12.0. The van der Waals surface area contributed by atoms with E-state index >= 15 is 0 Å². The van der Waals surface area contributed by atoms with Gasteiger partial charge in [0.15, 0.2) is 0 Å². The van der Waals surface area contributed by atoms with Gasteiger partial charge in [-0.1, -0.05) is 19.1 Å². The number of carbonyl (C=O) groups excluding carboxylic acids is 1. The summed E-state index contributed by atoms with van der Waals surface area (Å²) in [5, 5.41) is 0. The predicted octanol–water partition coefficient (Wildman–Crippen LogP) is 1.41. The molecular weight excluding hydrogens is 318 g/mol. The van der Waals surface area contributed by atoms with Gasteiger partial charge in [-0.3, -0.25) is 4.79 Å². The molecule has 0 amide bonds. The summed E-state index contributed by atoms with van der Waals surface area (Å²) in [6, 6.07) is 6.59. The van der Waals surface area contributed by atoms with Gasteiger partial charge in [0.1, 0.15) is 6.61 Å². The zero-order valence-corrected chi connectivity index (χ0v) is 13.9. The van der Waals surface area contributed by atoms with Crippen molar-refractivity contribution in [1.82, 2.24) is 4.31 Å². The molecule has 1 aliphatic heterocycles. The number of rotatable bonds is 5. The highest BCUT2D eigenvalue weighted by atomic mass is 32.2. The fourth-order valence-corrected chi connectivity index (χ4v) is 4.12. The summed E-state index contributed by atoms with van der Waals surface area (Å²) in [7, 11) is -3.52. The third-order valence-corrected chi connectivity index (χ3v) is 6.19. The van der Waals surface area contributed by atoms with Crippen LogP contribution in [-0.4, -0.2) is 45.0 Å². The number of morpholine rings is 1. The molecule has 6 nitrogen and oxygen atoms in total. The molecule has 2 aliphatic rings.